The number of nitriles is 1. The second-order valence-corrected chi connectivity index (χ2v) is 10.5. The average Bonchev–Trinajstić information content (AvgIpc) is 3.30. The third-order valence-electron chi connectivity index (χ3n) is 8.30. The molecular weight excluding hydrogens is 498 g/mol. The SMILES string of the molecule is N#C[C@@H]1C[C@@H]2C[C@@H]2N1C(=O)CNCCC1(c2nn[nH]n2)c2ccc(C(N)=O)cc2Cc2cc(C(N)=O)ccc21. The van der Waals surface area contributed by atoms with E-state index in [1.54, 1.807) is 29.2 Å². The van der Waals surface area contributed by atoms with Crippen molar-refractivity contribution in [1.82, 2.24) is 30.8 Å². The van der Waals surface area contributed by atoms with Crippen LogP contribution >= 0.6 is 0 Å². The van der Waals surface area contributed by atoms with Crippen molar-refractivity contribution < 1.29 is 14.4 Å². The number of hydrogen-bond acceptors (Lipinski definition) is 8. The fourth-order valence-electron chi connectivity index (χ4n) is 6.43. The molecule has 6 rings (SSSR count). The van der Waals surface area contributed by atoms with Crippen LogP contribution in [0.25, 0.3) is 0 Å². The number of rotatable bonds is 8. The topological polar surface area (TPSA) is 197 Å². The van der Waals surface area contributed by atoms with Crippen LogP contribution in [-0.4, -0.2) is 68.4 Å². The lowest BCUT2D eigenvalue weighted by atomic mass is 9.63. The molecule has 1 aromatic heterocycles. The van der Waals surface area contributed by atoms with Crippen LogP contribution in [0.4, 0.5) is 0 Å². The molecule has 12 nitrogen and oxygen atoms in total. The van der Waals surface area contributed by atoms with Gasteiger partial charge >= 0.3 is 0 Å². The molecule has 2 aromatic carbocycles. The van der Waals surface area contributed by atoms with Gasteiger partial charge in [0.05, 0.1) is 18.0 Å². The smallest absolute Gasteiger partial charge is 0.248 e. The molecule has 6 N–H and O–H groups in total. The lowest BCUT2D eigenvalue weighted by Gasteiger charge is -2.39. The summed E-state index contributed by atoms with van der Waals surface area (Å²) in [5, 5.41) is 27.8. The number of tetrazole rings is 1. The van der Waals surface area contributed by atoms with Crippen LogP contribution in [0, 0.1) is 17.2 Å². The molecule has 1 saturated heterocycles. The van der Waals surface area contributed by atoms with Crippen molar-refractivity contribution in [3.63, 3.8) is 0 Å². The van der Waals surface area contributed by atoms with Crippen LogP contribution < -0.4 is 16.8 Å². The van der Waals surface area contributed by atoms with Crippen LogP contribution in [0.1, 0.15) is 68.1 Å². The van der Waals surface area contributed by atoms with E-state index in [4.69, 9.17) is 11.5 Å². The minimum absolute atomic E-state index is 0.0817. The molecule has 3 aliphatic rings. The van der Waals surface area contributed by atoms with E-state index in [0.717, 1.165) is 35.1 Å². The number of benzene rings is 2. The molecule has 3 aromatic rings. The second-order valence-electron chi connectivity index (χ2n) is 10.5. The zero-order valence-corrected chi connectivity index (χ0v) is 21.1. The lowest BCUT2D eigenvalue weighted by Crippen LogP contribution is -2.44. The first-order valence-corrected chi connectivity index (χ1v) is 12.9. The van der Waals surface area contributed by atoms with Gasteiger partial charge in [-0.2, -0.15) is 10.5 Å². The Balaban J connectivity index is 1.35. The van der Waals surface area contributed by atoms with Crippen LogP contribution in [0.15, 0.2) is 36.4 Å². The first-order chi connectivity index (χ1) is 18.8. The molecule has 2 aliphatic carbocycles. The number of primary amides is 2. The number of likely N-dealkylation sites (tertiary alicyclic amines) is 1. The van der Waals surface area contributed by atoms with E-state index >= 15 is 0 Å². The third-order valence-corrected chi connectivity index (χ3v) is 8.30. The number of piperidine rings is 1. The number of nitrogens with one attached hydrogen (secondary N) is 2. The molecule has 0 radical (unpaired) electrons. The third kappa shape index (κ3) is 4.02. The normalized spacial score (nSPS) is 21.8. The minimum Gasteiger partial charge on any atom is -0.366 e. The van der Waals surface area contributed by atoms with E-state index in [9.17, 15) is 19.6 Å². The first-order valence-electron chi connectivity index (χ1n) is 12.9. The number of aromatic nitrogens is 4. The Morgan fingerprint density at radius 1 is 1.08 bits per heavy atom. The Morgan fingerprint density at radius 2 is 1.74 bits per heavy atom. The van der Waals surface area contributed by atoms with Gasteiger partial charge in [0.2, 0.25) is 17.7 Å². The standard InChI is InChI=1S/C27H27N9O3/c28-12-19-10-18-11-22(18)36(19)23(37)13-31-6-5-27(26-32-34-35-33-26)20-3-1-14(24(29)38)7-16(20)9-17-8-15(25(30)39)2-4-21(17)27/h1-4,7-8,18-19,22,31H,5-6,9-11,13H2,(H2,29,38)(H2,30,39)(H,32,33,34,35)/t18-,19+,22+/m1/s1. The summed E-state index contributed by atoms with van der Waals surface area (Å²) in [6.45, 7) is 0.512. The molecule has 2 heterocycles. The summed E-state index contributed by atoms with van der Waals surface area (Å²) >= 11 is 0. The molecule has 2 fully saturated rings. The molecule has 12 heteroatoms. The Morgan fingerprint density at radius 3 is 2.31 bits per heavy atom. The van der Waals surface area contributed by atoms with Crippen molar-refractivity contribution in [3.8, 4) is 6.07 Å². The summed E-state index contributed by atoms with van der Waals surface area (Å²) in [6, 6.07) is 12.7. The Bertz CT molecular complexity index is 1460. The maximum Gasteiger partial charge on any atom is 0.248 e. The van der Waals surface area contributed by atoms with E-state index in [-0.39, 0.29) is 24.5 Å². The number of nitrogens with two attached hydrogens (primary N) is 2. The molecule has 1 aliphatic heterocycles. The van der Waals surface area contributed by atoms with E-state index in [1.165, 1.54) is 0 Å². The van der Waals surface area contributed by atoms with Crippen molar-refractivity contribution >= 4 is 17.7 Å². The molecular formula is C27H27N9O3. The highest BCUT2D eigenvalue weighted by molar-refractivity contribution is 5.94. The number of carbonyl (C=O) groups is 3. The molecule has 0 bridgehead atoms. The van der Waals surface area contributed by atoms with Gasteiger partial charge in [-0.25, -0.2) is 0 Å². The fourth-order valence-corrected chi connectivity index (χ4v) is 6.43. The van der Waals surface area contributed by atoms with Gasteiger partial charge < -0.3 is 21.7 Å². The average molecular weight is 526 g/mol. The summed E-state index contributed by atoms with van der Waals surface area (Å²) in [4.78, 5) is 38.7. The second kappa shape index (κ2) is 9.28. The van der Waals surface area contributed by atoms with Gasteiger partial charge in [0.1, 0.15) is 6.04 Å². The van der Waals surface area contributed by atoms with Crippen LogP contribution in [0.2, 0.25) is 0 Å². The van der Waals surface area contributed by atoms with Crippen LogP contribution in [0.3, 0.4) is 0 Å². The van der Waals surface area contributed by atoms with Crippen molar-refractivity contribution in [1.29, 1.82) is 5.26 Å². The number of hydrogen-bond donors (Lipinski definition) is 4. The van der Waals surface area contributed by atoms with Crippen molar-refractivity contribution in [2.45, 2.75) is 43.2 Å². The summed E-state index contributed by atoms with van der Waals surface area (Å²) in [6.07, 6.45) is 2.62. The van der Waals surface area contributed by atoms with Crippen molar-refractivity contribution in [2.24, 2.45) is 17.4 Å². The van der Waals surface area contributed by atoms with Gasteiger partial charge in [-0.15, -0.1) is 10.2 Å². The molecule has 0 spiro atoms. The summed E-state index contributed by atoms with van der Waals surface area (Å²) in [5.41, 5.74) is 14.4. The van der Waals surface area contributed by atoms with Crippen LogP contribution in [-0.2, 0) is 16.6 Å². The van der Waals surface area contributed by atoms with Crippen molar-refractivity contribution in [3.05, 3.63) is 75.6 Å². The predicted octanol–water partition coefficient (Wildman–Crippen LogP) is 0.129. The zero-order valence-electron chi connectivity index (χ0n) is 21.1. The van der Waals surface area contributed by atoms with Crippen molar-refractivity contribution in [2.75, 3.05) is 13.1 Å². The maximum atomic E-state index is 13.0. The highest BCUT2D eigenvalue weighted by Gasteiger charge is 2.54. The molecule has 3 amide bonds. The van der Waals surface area contributed by atoms with Crippen LogP contribution in [0.5, 0.6) is 0 Å². The van der Waals surface area contributed by atoms with E-state index in [1.807, 2.05) is 12.1 Å². The zero-order chi connectivity index (χ0) is 27.3. The highest BCUT2D eigenvalue weighted by atomic mass is 16.2. The summed E-state index contributed by atoms with van der Waals surface area (Å²) < 4.78 is 0. The number of amides is 3. The molecule has 198 valence electrons. The number of aromatic amines is 1. The molecule has 39 heavy (non-hydrogen) atoms. The Kier molecular flexibility index (Phi) is 5.88. The maximum absolute atomic E-state index is 13.0. The fraction of sp³-hybridized carbons (Fsp3) is 0.370. The molecule has 3 atom stereocenters. The first kappa shape index (κ1) is 24.7. The van der Waals surface area contributed by atoms with E-state index in [0.29, 0.717) is 42.3 Å². The summed E-state index contributed by atoms with van der Waals surface area (Å²) in [5.74, 6) is -0.306. The highest BCUT2D eigenvalue weighted by Crippen LogP contribution is 2.48. The van der Waals surface area contributed by atoms with Gasteiger partial charge in [0.15, 0.2) is 5.82 Å². The Labute approximate surface area is 223 Å². The number of fused-ring (bicyclic) bond motifs is 3. The predicted molar refractivity (Wildman–Crippen MR) is 137 cm³/mol. The monoisotopic (exact) mass is 525 g/mol. The number of H-pyrrole nitrogens is 1. The lowest BCUT2D eigenvalue weighted by molar-refractivity contribution is -0.131. The minimum atomic E-state index is -0.900. The Hall–Kier alpha value is -4.63. The van der Waals surface area contributed by atoms with Gasteiger partial charge in [-0.05, 0) is 84.7 Å². The number of carbonyl (C=O) groups excluding carboxylic acids is 3. The quantitative estimate of drug-likeness (QED) is 0.298. The van der Waals surface area contributed by atoms with Gasteiger partial charge in [-0.1, -0.05) is 17.3 Å². The molecule has 1 saturated carbocycles. The van der Waals surface area contributed by atoms with Gasteiger partial charge in [0, 0.05) is 17.2 Å². The molecule has 0 unspecified atom stereocenters. The number of nitrogens with zero attached hydrogens (tertiary/aromatic N) is 5. The van der Waals surface area contributed by atoms with Gasteiger partial charge in [-0.3, -0.25) is 14.4 Å². The largest absolute Gasteiger partial charge is 0.366 e. The summed E-state index contributed by atoms with van der Waals surface area (Å²) in [7, 11) is 0. The van der Waals surface area contributed by atoms with E-state index in [2.05, 4.69) is 32.0 Å². The van der Waals surface area contributed by atoms with E-state index < -0.39 is 17.2 Å². The van der Waals surface area contributed by atoms with Gasteiger partial charge in [0.25, 0.3) is 0 Å².